The molecule has 0 aliphatic carbocycles. The van der Waals surface area contributed by atoms with Gasteiger partial charge in [0.25, 0.3) is 0 Å². The summed E-state index contributed by atoms with van der Waals surface area (Å²) >= 11 is 0. The summed E-state index contributed by atoms with van der Waals surface area (Å²) in [4.78, 5) is 8.83. The van der Waals surface area contributed by atoms with Crippen molar-refractivity contribution in [2.45, 2.75) is 39.2 Å². The molecule has 3 rings (SSSR count). The third-order valence-electron chi connectivity index (χ3n) is 7.16. The quantitative estimate of drug-likeness (QED) is 0.231. The molecule has 1 aromatic heterocycles. The molecular weight excluding hydrogens is 494 g/mol. The van der Waals surface area contributed by atoms with E-state index in [1.54, 1.807) is 0 Å². The van der Waals surface area contributed by atoms with E-state index >= 15 is 0 Å². The molecule has 0 fully saturated rings. The van der Waals surface area contributed by atoms with Crippen LogP contribution in [0.15, 0.2) is 67.1 Å². The number of benzene rings is 2. The minimum atomic E-state index is -0.521. The van der Waals surface area contributed by atoms with Gasteiger partial charge in [-0.15, -0.1) is 0 Å². The van der Waals surface area contributed by atoms with Gasteiger partial charge in [0.15, 0.2) is 0 Å². The first-order valence-electron chi connectivity index (χ1n) is 13.7. The average Bonchev–Trinajstić information content (AvgIpc) is 2.97. The lowest BCUT2D eigenvalue weighted by atomic mass is 9.85. The third-order valence-corrected chi connectivity index (χ3v) is 7.16. The van der Waals surface area contributed by atoms with Crippen LogP contribution in [0.5, 0.6) is 0 Å². The van der Waals surface area contributed by atoms with Crippen LogP contribution in [0.1, 0.15) is 41.7 Å². The van der Waals surface area contributed by atoms with Gasteiger partial charge >= 0.3 is 0 Å². The molecule has 2 aromatic carbocycles. The fourth-order valence-corrected chi connectivity index (χ4v) is 4.43. The number of anilines is 2. The second-order valence-corrected chi connectivity index (χ2v) is 10.9. The van der Waals surface area contributed by atoms with Gasteiger partial charge < -0.3 is 25.8 Å². The summed E-state index contributed by atoms with van der Waals surface area (Å²) in [5.74, 6) is 0. The molecule has 0 saturated carbocycles. The zero-order valence-corrected chi connectivity index (χ0v) is 24.8. The van der Waals surface area contributed by atoms with Crippen molar-refractivity contribution in [1.82, 2.24) is 15.2 Å². The molecule has 3 N–H and O–H groups in total. The van der Waals surface area contributed by atoms with Gasteiger partial charge in [0.05, 0.1) is 11.5 Å². The Balaban J connectivity index is 1.73. The Bertz CT molecular complexity index is 1350. The third kappa shape index (κ3) is 8.51. The maximum atomic E-state index is 9.50. The van der Waals surface area contributed by atoms with Crippen molar-refractivity contribution in [2.24, 2.45) is 0 Å². The number of rotatable bonds is 14. The number of nitriles is 1. The van der Waals surface area contributed by atoms with Crippen LogP contribution in [0, 0.1) is 23.7 Å². The van der Waals surface area contributed by atoms with Crippen LogP contribution in [0.4, 0.5) is 11.4 Å². The minimum Gasteiger partial charge on any atom is -0.381 e. The maximum Gasteiger partial charge on any atom is 0.0766 e. The molecule has 3 aromatic rings. The first-order chi connectivity index (χ1) is 19.2. The molecule has 7 nitrogen and oxygen atoms in total. The van der Waals surface area contributed by atoms with Crippen molar-refractivity contribution in [1.29, 1.82) is 10.7 Å². The summed E-state index contributed by atoms with van der Waals surface area (Å²) in [6, 6.07) is 19.0. The summed E-state index contributed by atoms with van der Waals surface area (Å²) in [6.45, 7) is 9.55. The Hall–Kier alpha value is -3.99. The normalized spacial score (nSPS) is 11.8. The minimum absolute atomic E-state index is 0.521. The van der Waals surface area contributed by atoms with E-state index in [4.69, 9.17) is 5.41 Å². The number of aromatic nitrogens is 1. The first-order valence-corrected chi connectivity index (χ1v) is 13.7. The molecule has 0 bridgehead atoms. The molecule has 0 aliphatic heterocycles. The molecule has 0 atom stereocenters. The molecule has 0 aliphatic rings. The Morgan fingerprint density at radius 2 is 1.88 bits per heavy atom. The monoisotopic (exact) mass is 537 g/mol. The van der Waals surface area contributed by atoms with E-state index in [0.717, 1.165) is 70.8 Å². The van der Waals surface area contributed by atoms with Gasteiger partial charge in [-0.05, 0) is 81.7 Å². The number of hydrogen-bond donors (Lipinski definition) is 3. The summed E-state index contributed by atoms with van der Waals surface area (Å²) < 4.78 is 0. The molecule has 1 heterocycles. The van der Waals surface area contributed by atoms with E-state index in [9.17, 15) is 5.26 Å². The maximum absolute atomic E-state index is 9.50. The van der Waals surface area contributed by atoms with E-state index in [0.29, 0.717) is 6.54 Å². The molecule has 0 unspecified atom stereocenters. The van der Waals surface area contributed by atoms with Gasteiger partial charge in [0.2, 0.25) is 0 Å². The SMILES string of the molecule is CNCCN(C)CCc1cncc(/C(C=N)=C/N(C)c2cc(NCc3cccc(C(C)(C)C#N)c3)ccc2C)c1. The van der Waals surface area contributed by atoms with E-state index in [-0.39, 0.29) is 0 Å². The van der Waals surface area contributed by atoms with Crippen LogP contribution in [0.2, 0.25) is 0 Å². The topological polar surface area (TPSA) is 91.1 Å². The van der Waals surface area contributed by atoms with Crippen LogP contribution in [-0.2, 0) is 18.4 Å². The summed E-state index contributed by atoms with van der Waals surface area (Å²) in [5.41, 5.74) is 7.72. The van der Waals surface area contributed by atoms with E-state index in [1.165, 1.54) is 6.21 Å². The molecule has 7 heteroatoms. The van der Waals surface area contributed by atoms with Crippen LogP contribution in [0.25, 0.3) is 5.57 Å². The highest BCUT2D eigenvalue weighted by atomic mass is 15.1. The zero-order chi connectivity index (χ0) is 29.1. The lowest BCUT2D eigenvalue weighted by molar-refractivity contribution is 0.339. The Kier molecular flexibility index (Phi) is 11.0. The van der Waals surface area contributed by atoms with Crippen LogP contribution in [-0.4, -0.2) is 56.9 Å². The van der Waals surface area contributed by atoms with E-state index < -0.39 is 5.41 Å². The number of hydrogen-bond acceptors (Lipinski definition) is 7. The predicted molar refractivity (Wildman–Crippen MR) is 168 cm³/mol. The van der Waals surface area contributed by atoms with Crippen molar-refractivity contribution < 1.29 is 0 Å². The van der Waals surface area contributed by atoms with Crippen LogP contribution >= 0.6 is 0 Å². The first kappa shape index (κ1) is 30.6. The van der Waals surface area contributed by atoms with Gasteiger partial charge in [-0.2, -0.15) is 5.26 Å². The summed E-state index contributed by atoms with van der Waals surface area (Å²) in [6.07, 6.45) is 8.03. The van der Waals surface area contributed by atoms with Gasteiger partial charge in [0, 0.05) is 80.5 Å². The van der Waals surface area contributed by atoms with Crippen LogP contribution < -0.4 is 15.5 Å². The Morgan fingerprint density at radius 3 is 2.60 bits per heavy atom. The summed E-state index contributed by atoms with van der Waals surface area (Å²) in [5, 5.41) is 24.3. The molecule has 0 saturated heterocycles. The van der Waals surface area contributed by atoms with Crippen molar-refractivity contribution in [2.75, 3.05) is 51.0 Å². The number of allylic oxidation sites excluding steroid dienone is 1. The van der Waals surface area contributed by atoms with Crippen molar-refractivity contribution in [3.05, 3.63) is 94.9 Å². The highest BCUT2D eigenvalue weighted by Gasteiger charge is 2.19. The molecule has 210 valence electrons. The summed E-state index contributed by atoms with van der Waals surface area (Å²) in [7, 11) is 6.11. The highest BCUT2D eigenvalue weighted by molar-refractivity contribution is 6.08. The zero-order valence-electron chi connectivity index (χ0n) is 24.8. The fraction of sp³-hybridized carbons (Fsp3) is 0.364. The predicted octanol–water partition coefficient (Wildman–Crippen LogP) is 5.62. The van der Waals surface area contributed by atoms with Gasteiger partial charge in [-0.3, -0.25) is 4.98 Å². The molecule has 40 heavy (non-hydrogen) atoms. The van der Waals surface area contributed by atoms with Crippen molar-refractivity contribution in [3.8, 4) is 6.07 Å². The molecular formula is C33H43N7. The number of pyridine rings is 1. The number of nitrogens with one attached hydrogen (secondary N) is 3. The number of aryl methyl sites for hydroxylation is 1. The highest BCUT2D eigenvalue weighted by Crippen LogP contribution is 2.27. The second-order valence-electron chi connectivity index (χ2n) is 10.9. The standard InChI is InChI=1S/C33H43N7/c1-25-10-11-31(38-21-26-8-7-9-30(17-26)33(2,3)24-35)18-32(25)40(6)23-29(19-34)28-16-27(20-37-22-28)12-14-39(5)15-13-36-4/h7-11,16-20,22-23,34,36,38H,12-15,21H2,1-6H3/b29-23+,34-19?. The Morgan fingerprint density at radius 1 is 1.07 bits per heavy atom. The van der Waals surface area contributed by atoms with Gasteiger partial charge in [0.1, 0.15) is 0 Å². The lowest BCUT2D eigenvalue weighted by Gasteiger charge is -2.21. The van der Waals surface area contributed by atoms with Crippen LogP contribution in [0.3, 0.4) is 0 Å². The second kappa shape index (κ2) is 14.4. The Labute approximate surface area is 240 Å². The van der Waals surface area contributed by atoms with Crippen molar-refractivity contribution in [3.63, 3.8) is 0 Å². The van der Waals surface area contributed by atoms with E-state index in [2.05, 4.69) is 81.9 Å². The van der Waals surface area contributed by atoms with Gasteiger partial charge in [-0.25, -0.2) is 0 Å². The smallest absolute Gasteiger partial charge is 0.0766 e. The molecule has 0 spiro atoms. The lowest BCUT2D eigenvalue weighted by Crippen LogP contribution is -2.29. The largest absolute Gasteiger partial charge is 0.381 e. The number of likely N-dealkylation sites (N-methyl/N-ethyl adjacent to an activating group) is 2. The molecule has 0 amide bonds. The van der Waals surface area contributed by atoms with Gasteiger partial charge in [-0.1, -0.05) is 30.3 Å². The molecule has 0 radical (unpaired) electrons. The van der Waals surface area contributed by atoms with Crippen molar-refractivity contribution >= 4 is 23.2 Å². The fourth-order valence-electron chi connectivity index (χ4n) is 4.43. The average molecular weight is 538 g/mol. The van der Waals surface area contributed by atoms with E-state index in [1.807, 2.05) is 58.7 Å². The number of nitrogens with zero attached hydrogens (tertiary/aromatic N) is 4.